The normalized spacial score (nSPS) is 18.6. The van der Waals surface area contributed by atoms with Crippen molar-refractivity contribution < 1.29 is 15.0 Å². The molecule has 1 unspecified atom stereocenters. The van der Waals surface area contributed by atoms with Gasteiger partial charge in [0.05, 0.1) is 11.7 Å². The predicted octanol–water partition coefficient (Wildman–Crippen LogP) is 2.61. The van der Waals surface area contributed by atoms with E-state index < -0.39 is 12.1 Å². The molecule has 0 bridgehead atoms. The standard InChI is InChI=1S/C13H16O3/c14-12(9-5-1-2-6-9)10-7-3-4-8-11(10)13(15)16/h3-4,7-9,12,14H,1-2,5-6H2,(H,15,16). The third kappa shape index (κ3) is 2.09. The van der Waals surface area contributed by atoms with E-state index in [-0.39, 0.29) is 11.5 Å². The van der Waals surface area contributed by atoms with Crippen molar-refractivity contribution in [1.82, 2.24) is 0 Å². The van der Waals surface area contributed by atoms with Crippen LogP contribution in [0.25, 0.3) is 0 Å². The highest BCUT2D eigenvalue weighted by atomic mass is 16.4. The van der Waals surface area contributed by atoms with Crippen LogP contribution in [0.1, 0.15) is 47.7 Å². The van der Waals surface area contributed by atoms with Gasteiger partial charge in [0, 0.05) is 0 Å². The van der Waals surface area contributed by atoms with E-state index in [1.807, 2.05) is 0 Å². The summed E-state index contributed by atoms with van der Waals surface area (Å²) in [5.41, 5.74) is 0.781. The van der Waals surface area contributed by atoms with E-state index in [1.165, 1.54) is 0 Å². The molecule has 0 aliphatic heterocycles. The number of rotatable bonds is 3. The third-order valence-electron chi connectivity index (χ3n) is 3.36. The van der Waals surface area contributed by atoms with E-state index >= 15 is 0 Å². The minimum Gasteiger partial charge on any atom is -0.478 e. The smallest absolute Gasteiger partial charge is 0.336 e. The first-order chi connectivity index (χ1) is 7.70. The minimum absolute atomic E-state index is 0.223. The van der Waals surface area contributed by atoms with Crippen molar-refractivity contribution in [2.24, 2.45) is 5.92 Å². The molecular formula is C13H16O3. The van der Waals surface area contributed by atoms with Gasteiger partial charge in [-0.3, -0.25) is 0 Å². The average molecular weight is 220 g/mol. The van der Waals surface area contributed by atoms with Crippen LogP contribution >= 0.6 is 0 Å². The lowest BCUT2D eigenvalue weighted by Gasteiger charge is -2.19. The Bertz CT molecular complexity index is 381. The molecule has 1 atom stereocenters. The molecule has 0 heterocycles. The summed E-state index contributed by atoms with van der Waals surface area (Å²) in [6.07, 6.45) is 3.63. The summed E-state index contributed by atoms with van der Waals surface area (Å²) < 4.78 is 0. The van der Waals surface area contributed by atoms with Crippen LogP contribution in [0.3, 0.4) is 0 Å². The summed E-state index contributed by atoms with van der Waals surface area (Å²) in [6.45, 7) is 0. The zero-order valence-electron chi connectivity index (χ0n) is 9.10. The van der Waals surface area contributed by atoms with Crippen LogP contribution in [-0.2, 0) is 0 Å². The number of carboxylic acids is 1. The van der Waals surface area contributed by atoms with Gasteiger partial charge in [0.2, 0.25) is 0 Å². The molecule has 3 nitrogen and oxygen atoms in total. The summed E-state index contributed by atoms with van der Waals surface area (Å²) in [5, 5.41) is 19.2. The summed E-state index contributed by atoms with van der Waals surface area (Å²) in [6, 6.07) is 6.73. The Morgan fingerprint density at radius 1 is 1.25 bits per heavy atom. The molecule has 1 aromatic rings. The topological polar surface area (TPSA) is 57.5 Å². The molecule has 16 heavy (non-hydrogen) atoms. The van der Waals surface area contributed by atoms with Gasteiger partial charge in [-0.05, 0) is 30.4 Å². The number of benzene rings is 1. The summed E-state index contributed by atoms with van der Waals surface area (Å²) in [7, 11) is 0. The van der Waals surface area contributed by atoms with Gasteiger partial charge in [0.25, 0.3) is 0 Å². The number of hydrogen-bond donors (Lipinski definition) is 2. The van der Waals surface area contributed by atoms with E-state index in [9.17, 15) is 9.90 Å². The van der Waals surface area contributed by atoms with Gasteiger partial charge >= 0.3 is 5.97 Å². The van der Waals surface area contributed by atoms with E-state index in [0.29, 0.717) is 5.56 Å². The fraction of sp³-hybridized carbons (Fsp3) is 0.462. The van der Waals surface area contributed by atoms with Crippen molar-refractivity contribution in [3.63, 3.8) is 0 Å². The third-order valence-corrected chi connectivity index (χ3v) is 3.36. The monoisotopic (exact) mass is 220 g/mol. The Morgan fingerprint density at radius 3 is 2.50 bits per heavy atom. The molecule has 0 amide bonds. The van der Waals surface area contributed by atoms with Crippen LogP contribution in [0.5, 0.6) is 0 Å². The van der Waals surface area contributed by atoms with Crippen molar-refractivity contribution >= 4 is 5.97 Å². The molecule has 86 valence electrons. The highest BCUT2D eigenvalue weighted by Gasteiger charge is 2.27. The Hall–Kier alpha value is -1.35. The Labute approximate surface area is 94.7 Å². The fourth-order valence-electron chi connectivity index (χ4n) is 2.48. The zero-order chi connectivity index (χ0) is 11.5. The highest BCUT2D eigenvalue weighted by Crippen LogP contribution is 2.36. The van der Waals surface area contributed by atoms with Gasteiger partial charge in [0.1, 0.15) is 0 Å². The summed E-state index contributed by atoms with van der Waals surface area (Å²) in [4.78, 5) is 11.0. The summed E-state index contributed by atoms with van der Waals surface area (Å²) >= 11 is 0. The van der Waals surface area contributed by atoms with Crippen molar-refractivity contribution in [3.05, 3.63) is 35.4 Å². The fourth-order valence-corrected chi connectivity index (χ4v) is 2.48. The lowest BCUT2D eigenvalue weighted by molar-refractivity contribution is 0.0678. The molecule has 2 N–H and O–H groups in total. The van der Waals surface area contributed by atoms with Crippen LogP contribution in [-0.4, -0.2) is 16.2 Å². The molecule has 1 aromatic carbocycles. The first-order valence-electron chi connectivity index (χ1n) is 5.70. The van der Waals surface area contributed by atoms with E-state index in [4.69, 9.17) is 5.11 Å². The number of hydrogen-bond acceptors (Lipinski definition) is 2. The highest BCUT2D eigenvalue weighted by molar-refractivity contribution is 5.89. The van der Waals surface area contributed by atoms with E-state index in [0.717, 1.165) is 25.7 Å². The quantitative estimate of drug-likeness (QED) is 0.823. The largest absolute Gasteiger partial charge is 0.478 e. The van der Waals surface area contributed by atoms with Gasteiger partial charge in [-0.25, -0.2) is 4.79 Å². The Kier molecular flexibility index (Phi) is 3.25. The molecule has 0 saturated heterocycles. The molecule has 2 rings (SSSR count). The second-order valence-corrected chi connectivity index (χ2v) is 4.38. The van der Waals surface area contributed by atoms with Gasteiger partial charge in [0.15, 0.2) is 0 Å². The lowest BCUT2D eigenvalue weighted by Crippen LogP contribution is -2.13. The average Bonchev–Trinajstić information content (AvgIpc) is 2.81. The lowest BCUT2D eigenvalue weighted by atomic mass is 9.91. The first kappa shape index (κ1) is 11.1. The molecule has 0 spiro atoms. The van der Waals surface area contributed by atoms with Crippen molar-refractivity contribution in [2.75, 3.05) is 0 Å². The molecule has 1 fully saturated rings. The number of aliphatic hydroxyl groups is 1. The van der Waals surface area contributed by atoms with Crippen molar-refractivity contribution in [1.29, 1.82) is 0 Å². The van der Waals surface area contributed by atoms with Gasteiger partial charge in [-0.2, -0.15) is 0 Å². The molecule has 0 radical (unpaired) electrons. The van der Waals surface area contributed by atoms with Gasteiger partial charge in [-0.15, -0.1) is 0 Å². The van der Waals surface area contributed by atoms with Crippen LogP contribution in [0.2, 0.25) is 0 Å². The molecular weight excluding hydrogens is 204 g/mol. The minimum atomic E-state index is -0.965. The SMILES string of the molecule is O=C(O)c1ccccc1C(O)C1CCCC1. The van der Waals surface area contributed by atoms with Gasteiger partial charge < -0.3 is 10.2 Å². The number of carbonyl (C=O) groups is 1. The molecule has 1 aliphatic carbocycles. The van der Waals surface area contributed by atoms with Crippen molar-refractivity contribution in [3.8, 4) is 0 Å². The number of aliphatic hydroxyl groups excluding tert-OH is 1. The predicted molar refractivity (Wildman–Crippen MR) is 60.3 cm³/mol. The second-order valence-electron chi connectivity index (χ2n) is 4.38. The molecule has 1 saturated carbocycles. The summed E-state index contributed by atoms with van der Waals surface area (Å²) in [5.74, 6) is -0.742. The maximum absolute atomic E-state index is 11.0. The molecule has 1 aliphatic rings. The van der Waals surface area contributed by atoms with Crippen LogP contribution < -0.4 is 0 Å². The van der Waals surface area contributed by atoms with Crippen LogP contribution in [0.4, 0.5) is 0 Å². The molecule has 0 aromatic heterocycles. The van der Waals surface area contributed by atoms with Crippen molar-refractivity contribution in [2.45, 2.75) is 31.8 Å². The number of aromatic carboxylic acids is 1. The maximum Gasteiger partial charge on any atom is 0.336 e. The molecule has 3 heteroatoms. The van der Waals surface area contributed by atoms with Crippen LogP contribution in [0, 0.1) is 5.92 Å². The Morgan fingerprint density at radius 2 is 1.88 bits per heavy atom. The van der Waals surface area contributed by atoms with Crippen LogP contribution in [0.15, 0.2) is 24.3 Å². The number of carboxylic acid groups (broad SMARTS) is 1. The Balaban J connectivity index is 2.27. The zero-order valence-corrected chi connectivity index (χ0v) is 9.10. The van der Waals surface area contributed by atoms with Gasteiger partial charge in [-0.1, -0.05) is 31.0 Å². The second kappa shape index (κ2) is 4.66. The first-order valence-corrected chi connectivity index (χ1v) is 5.70. The maximum atomic E-state index is 11.0. The van der Waals surface area contributed by atoms with E-state index in [1.54, 1.807) is 24.3 Å². The van der Waals surface area contributed by atoms with E-state index in [2.05, 4.69) is 0 Å².